The number of nitrogens with one attached hydrogen (secondary N) is 1. The normalized spacial score (nSPS) is 30.5. The fourth-order valence-corrected chi connectivity index (χ4v) is 3.14. The lowest BCUT2D eigenvalue weighted by Crippen LogP contribution is -2.51. The van der Waals surface area contributed by atoms with Gasteiger partial charge in [-0.2, -0.15) is 0 Å². The van der Waals surface area contributed by atoms with Crippen molar-refractivity contribution >= 4 is 5.91 Å². The Labute approximate surface area is 123 Å². The van der Waals surface area contributed by atoms with Gasteiger partial charge < -0.3 is 19.7 Å². The number of nitrogens with zero attached hydrogens (tertiary/aromatic N) is 2. The predicted octanol–water partition coefficient (Wildman–Crippen LogP) is -0.0631. The highest BCUT2D eigenvalue weighted by atomic mass is 16.5. The molecule has 1 amide bonds. The van der Waals surface area contributed by atoms with Crippen molar-refractivity contribution in [3.63, 3.8) is 0 Å². The molecule has 0 aromatic carbocycles. The number of ether oxygens (including phenoxy) is 1. The maximum absolute atomic E-state index is 12.1. The zero-order chi connectivity index (χ0) is 14.8. The van der Waals surface area contributed by atoms with E-state index in [1.165, 1.54) is 0 Å². The Bertz CT molecular complexity index is 498. The second-order valence-corrected chi connectivity index (χ2v) is 5.69. The lowest BCUT2D eigenvalue weighted by molar-refractivity contribution is -0.0154. The highest BCUT2D eigenvalue weighted by molar-refractivity contribution is 5.92. The molecule has 3 rings (SSSR count). The molecule has 1 aliphatic carbocycles. The lowest BCUT2D eigenvalue weighted by Gasteiger charge is -2.34. The van der Waals surface area contributed by atoms with Crippen LogP contribution in [0.5, 0.6) is 0 Å². The van der Waals surface area contributed by atoms with Crippen LogP contribution in [0.1, 0.15) is 29.1 Å². The van der Waals surface area contributed by atoms with E-state index in [0.29, 0.717) is 19.0 Å². The zero-order valence-electron chi connectivity index (χ0n) is 12.1. The molecule has 1 saturated carbocycles. The Morgan fingerprint density at radius 1 is 1.43 bits per heavy atom. The van der Waals surface area contributed by atoms with E-state index in [0.717, 1.165) is 25.9 Å². The highest BCUT2D eigenvalue weighted by Gasteiger charge is 2.39. The van der Waals surface area contributed by atoms with E-state index in [2.05, 4.69) is 15.4 Å². The Balaban J connectivity index is 1.58. The summed E-state index contributed by atoms with van der Waals surface area (Å²) in [7, 11) is 0. The minimum absolute atomic E-state index is 0.0956. The number of hydrogen-bond acceptors (Lipinski definition) is 6. The number of carbonyl (C=O) groups excluding carboxylic acids is 1. The van der Waals surface area contributed by atoms with Crippen molar-refractivity contribution < 1.29 is 19.2 Å². The SMILES string of the molecule is Cc1cc(C(=O)N[C@@H]2CC[C@@H](N3CCOCC3)[C@@H]2O)no1. The van der Waals surface area contributed by atoms with Crippen molar-refractivity contribution in [3.05, 3.63) is 17.5 Å². The number of aliphatic hydroxyl groups is 1. The monoisotopic (exact) mass is 295 g/mol. The zero-order valence-corrected chi connectivity index (χ0v) is 12.1. The van der Waals surface area contributed by atoms with Gasteiger partial charge >= 0.3 is 0 Å². The molecule has 1 aromatic heterocycles. The van der Waals surface area contributed by atoms with Crippen LogP contribution in [0.4, 0.5) is 0 Å². The van der Waals surface area contributed by atoms with Gasteiger partial charge in [0.15, 0.2) is 5.69 Å². The van der Waals surface area contributed by atoms with Gasteiger partial charge in [0, 0.05) is 25.2 Å². The van der Waals surface area contributed by atoms with E-state index < -0.39 is 6.10 Å². The quantitative estimate of drug-likeness (QED) is 0.812. The van der Waals surface area contributed by atoms with Crippen molar-refractivity contribution in [2.24, 2.45) is 0 Å². The summed E-state index contributed by atoms with van der Waals surface area (Å²) >= 11 is 0. The topological polar surface area (TPSA) is 87.8 Å². The summed E-state index contributed by atoms with van der Waals surface area (Å²) in [5.74, 6) is 0.303. The minimum atomic E-state index is -0.556. The van der Waals surface area contributed by atoms with E-state index in [4.69, 9.17) is 9.26 Å². The second kappa shape index (κ2) is 6.13. The molecule has 116 valence electrons. The van der Waals surface area contributed by atoms with Crippen molar-refractivity contribution in [2.75, 3.05) is 26.3 Å². The third-order valence-electron chi connectivity index (χ3n) is 4.27. The van der Waals surface area contributed by atoms with Crippen LogP contribution in [-0.4, -0.2) is 65.6 Å². The maximum Gasteiger partial charge on any atom is 0.273 e. The van der Waals surface area contributed by atoms with Crippen LogP contribution in [0.3, 0.4) is 0 Å². The van der Waals surface area contributed by atoms with Crippen molar-refractivity contribution in [1.82, 2.24) is 15.4 Å². The Morgan fingerprint density at radius 3 is 2.86 bits per heavy atom. The summed E-state index contributed by atoms with van der Waals surface area (Å²) in [5.41, 5.74) is 0.259. The molecule has 7 heteroatoms. The molecular weight excluding hydrogens is 274 g/mol. The number of carbonyl (C=O) groups is 1. The Hall–Kier alpha value is -1.44. The number of aryl methyl sites for hydroxylation is 1. The van der Waals surface area contributed by atoms with Gasteiger partial charge in [0.1, 0.15) is 5.76 Å². The van der Waals surface area contributed by atoms with Gasteiger partial charge in [-0.1, -0.05) is 5.16 Å². The smallest absolute Gasteiger partial charge is 0.273 e. The maximum atomic E-state index is 12.1. The van der Waals surface area contributed by atoms with E-state index >= 15 is 0 Å². The molecule has 1 saturated heterocycles. The van der Waals surface area contributed by atoms with Crippen LogP contribution >= 0.6 is 0 Å². The molecule has 1 aliphatic heterocycles. The molecule has 1 aromatic rings. The molecule has 2 heterocycles. The van der Waals surface area contributed by atoms with Gasteiger partial charge in [-0.05, 0) is 19.8 Å². The number of aliphatic hydroxyl groups excluding tert-OH is 1. The molecular formula is C14H21N3O4. The van der Waals surface area contributed by atoms with Crippen molar-refractivity contribution in [3.8, 4) is 0 Å². The minimum Gasteiger partial charge on any atom is -0.389 e. The molecule has 2 N–H and O–H groups in total. The van der Waals surface area contributed by atoms with Gasteiger partial charge in [-0.15, -0.1) is 0 Å². The van der Waals surface area contributed by atoms with Crippen LogP contribution < -0.4 is 5.32 Å². The molecule has 2 aliphatic rings. The highest BCUT2D eigenvalue weighted by Crippen LogP contribution is 2.25. The van der Waals surface area contributed by atoms with E-state index in [1.54, 1.807) is 13.0 Å². The molecule has 0 spiro atoms. The number of aromatic nitrogens is 1. The van der Waals surface area contributed by atoms with E-state index in [-0.39, 0.29) is 23.7 Å². The van der Waals surface area contributed by atoms with E-state index in [9.17, 15) is 9.90 Å². The van der Waals surface area contributed by atoms with Gasteiger partial charge in [0.05, 0.1) is 25.4 Å². The molecule has 3 atom stereocenters. The third kappa shape index (κ3) is 3.09. The molecule has 0 bridgehead atoms. The fraction of sp³-hybridized carbons (Fsp3) is 0.714. The van der Waals surface area contributed by atoms with Crippen LogP contribution in [0.25, 0.3) is 0 Å². The first-order valence-electron chi connectivity index (χ1n) is 7.39. The van der Waals surface area contributed by atoms with Crippen LogP contribution in [0.15, 0.2) is 10.6 Å². The van der Waals surface area contributed by atoms with Crippen LogP contribution in [-0.2, 0) is 4.74 Å². The number of morpholine rings is 1. The first-order valence-corrected chi connectivity index (χ1v) is 7.39. The summed E-state index contributed by atoms with van der Waals surface area (Å²) in [5, 5.41) is 17.0. The van der Waals surface area contributed by atoms with Crippen molar-refractivity contribution in [2.45, 2.75) is 38.0 Å². The Morgan fingerprint density at radius 2 is 2.19 bits per heavy atom. The van der Waals surface area contributed by atoms with E-state index in [1.807, 2.05) is 0 Å². The summed E-state index contributed by atoms with van der Waals surface area (Å²) in [6.07, 6.45) is 1.09. The first-order chi connectivity index (χ1) is 10.1. The molecule has 0 unspecified atom stereocenters. The lowest BCUT2D eigenvalue weighted by atomic mass is 10.1. The average molecular weight is 295 g/mol. The van der Waals surface area contributed by atoms with Gasteiger partial charge in [0.2, 0.25) is 0 Å². The molecule has 0 radical (unpaired) electrons. The van der Waals surface area contributed by atoms with Gasteiger partial charge in [-0.3, -0.25) is 9.69 Å². The summed E-state index contributed by atoms with van der Waals surface area (Å²) < 4.78 is 10.2. The number of rotatable bonds is 3. The summed E-state index contributed by atoms with van der Waals surface area (Å²) in [6, 6.07) is 1.46. The Kier molecular flexibility index (Phi) is 4.23. The summed E-state index contributed by atoms with van der Waals surface area (Å²) in [6.45, 7) is 4.83. The predicted molar refractivity (Wildman–Crippen MR) is 73.9 cm³/mol. The third-order valence-corrected chi connectivity index (χ3v) is 4.27. The fourth-order valence-electron chi connectivity index (χ4n) is 3.14. The standard InChI is InChI=1S/C14H21N3O4/c1-9-8-11(16-21-9)14(19)15-10-2-3-12(13(10)18)17-4-6-20-7-5-17/h8,10,12-13,18H,2-7H2,1H3,(H,15,19)/t10-,12-,13-/m1/s1. The largest absolute Gasteiger partial charge is 0.389 e. The molecule has 21 heavy (non-hydrogen) atoms. The van der Waals surface area contributed by atoms with Crippen molar-refractivity contribution in [1.29, 1.82) is 0 Å². The summed E-state index contributed by atoms with van der Waals surface area (Å²) in [4.78, 5) is 14.3. The average Bonchev–Trinajstić information content (AvgIpc) is 3.07. The van der Waals surface area contributed by atoms with Gasteiger partial charge in [0.25, 0.3) is 5.91 Å². The number of amides is 1. The molecule has 7 nitrogen and oxygen atoms in total. The molecule has 2 fully saturated rings. The van der Waals surface area contributed by atoms with Crippen LogP contribution in [0.2, 0.25) is 0 Å². The van der Waals surface area contributed by atoms with Crippen LogP contribution in [0, 0.1) is 6.92 Å². The van der Waals surface area contributed by atoms with Gasteiger partial charge in [-0.25, -0.2) is 0 Å². The number of hydrogen-bond donors (Lipinski definition) is 2. The first kappa shape index (κ1) is 14.5. The second-order valence-electron chi connectivity index (χ2n) is 5.69.